The zero-order valence-electron chi connectivity index (χ0n) is 29.9. The van der Waals surface area contributed by atoms with Crippen LogP contribution in [0, 0.1) is 11.8 Å². The van der Waals surface area contributed by atoms with Gasteiger partial charge in [0.25, 0.3) is 0 Å². The number of esters is 1. The van der Waals surface area contributed by atoms with Gasteiger partial charge in [0.15, 0.2) is 28.5 Å². The van der Waals surface area contributed by atoms with Gasteiger partial charge >= 0.3 is 11.9 Å². The van der Waals surface area contributed by atoms with Crippen LogP contribution in [-0.4, -0.2) is 51.0 Å². The Labute approximate surface area is 287 Å². The Balaban J connectivity index is 1.64. The van der Waals surface area contributed by atoms with Crippen LogP contribution < -0.4 is 14.2 Å². The number of carboxylic acid groups (broad SMARTS) is 1. The summed E-state index contributed by atoms with van der Waals surface area (Å²) in [6.45, 7) is 16.6. The van der Waals surface area contributed by atoms with Crippen molar-refractivity contribution in [2.75, 3.05) is 0 Å². The molecule has 4 bridgehead atoms. The summed E-state index contributed by atoms with van der Waals surface area (Å²) >= 11 is 0. The molecule has 3 aliphatic carbocycles. The highest BCUT2D eigenvalue weighted by atomic mass is 16.6. The molecule has 1 N–H and O–H groups in total. The van der Waals surface area contributed by atoms with E-state index in [1.165, 1.54) is 25.5 Å². The third-order valence-electron chi connectivity index (χ3n) is 10.7. The van der Waals surface area contributed by atoms with Gasteiger partial charge in [-0.2, -0.15) is 0 Å². The van der Waals surface area contributed by atoms with E-state index in [2.05, 4.69) is 6.08 Å². The minimum Gasteiger partial charge on any atom is -0.482 e. The maximum atomic E-state index is 15.1. The molecule has 3 aliphatic heterocycles. The van der Waals surface area contributed by atoms with Gasteiger partial charge in [0.2, 0.25) is 0 Å². The van der Waals surface area contributed by atoms with Crippen LogP contribution in [0.4, 0.5) is 0 Å². The van der Waals surface area contributed by atoms with E-state index < -0.39 is 52.0 Å². The Kier molecular flexibility index (Phi) is 8.25. The Bertz CT molecular complexity index is 1840. The number of aliphatic carboxylic acids is 1. The lowest BCUT2D eigenvalue weighted by atomic mass is 9.51. The van der Waals surface area contributed by atoms with Crippen LogP contribution in [0.5, 0.6) is 17.2 Å². The van der Waals surface area contributed by atoms with Crippen LogP contribution in [0.1, 0.15) is 109 Å². The fourth-order valence-corrected chi connectivity index (χ4v) is 8.41. The summed E-state index contributed by atoms with van der Waals surface area (Å²) in [4.78, 5) is 54.0. The van der Waals surface area contributed by atoms with Crippen LogP contribution in [0.3, 0.4) is 0 Å². The first kappa shape index (κ1) is 34.6. The highest BCUT2D eigenvalue weighted by molar-refractivity contribution is 6.19. The minimum absolute atomic E-state index is 0.0535. The summed E-state index contributed by atoms with van der Waals surface area (Å²) in [6, 6.07) is 0. The average Bonchev–Trinajstić information content (AvgIpc) is 3.15. The molecule has 0 radical (unpaired) electrons. The molecule has 1 unspecified atom stereocenters. The largest absolute Gasteiger partial charge is 0.482 e. The molecule has 0 amide bonds. The highest BCUT2D eigenvalue weighted by Gasteiger charge is 2.81. The zero-order chi connectivity index (χ0) is 35.8. The molecule has 0 aromatic heterocycles. The van der Waals surface area contributed by atoms with Gasteiger partial charge in [0, 0.05) is 41.9 Å². The summed E-state index contributed by atoms with van der Waals surface area (Å²) in [5.74, 6) is -2.71. The van der Waals surface area contributed by atoms with Gasteiger partial charge in [-0.1, -0.05) is 35.5 Å². The standard InChI is InChI=1S/C40H46O9/c1-21(2)11-10-16-38(9)17-15-27-32(47-38)26(13-12-22(3)4)34-30(33(27)46-24(6)41)31(42)28-19-25-20-29-37(7,8)49-39(35(25)43,40(28,29)48-34)18-14-23(5)36(44)45/h11-12,14-15,17,19,25,29H,10,13,16,18,20H2,1-9H3,(H,44,45)/b23-14+/t25-,29?,38-,39+,40-/m1/s1. The number of carboxylic acids is 1. The summed E-state index contributed by atoms with van der Waals surface area (Å²) < 4.78 is 26.7. The topological polar surface area (TPSA) is 125 Å². The summed E-state index contributed by atoms with van der Waals surface area (Å²) in [5.41, 5.74) is -1.08. The van der Waals surface area contributed by atoms with Crippen LogP contribution in [-0.2, 0) is 25.5 Å². The number of carbonyl (C=O) groups is 4. The molecule has 5 atom stereocenters. The minimum atomic E-state index is -1.66. The number of Topliss-reactive ketones (excluding diaryl/α,β-unsaturated/α-hetero) is 2. The van der Waals surface area contributed by atoms with Gasteiger partial charge < -0.3 is 24.1 Å². The van der Waals surface area contributed by atoms with Crippen LogP contribution >= 0.6 is 0 Å². The molecule has 1 saturated heterocycles. The first-order chi connectivity index (χ1) is 22.9. The fraction of sp³-hybridized carbons (Fsp3) is 0.500. The summed E-state index contributed by atoms with van der Waals surface area (Å²) in [6.07, 6.45) is 13.3. The van der Waals surface area contributed by atoms with E-state index in [0.717, 1.165) is 12.0 Å². The number of benzene rings is 1. The molecule has 9 heteroatoms. The normalized spacial score (nSPS) is 29.9. The highest BCUT2D eigenvalue weighted by Crippen LogP contribution is 2.68. The molecule has 49 heavy (non-hydrogen) atoms. The molecule has 9 nitrogen and oxygen atoms in total. The van der Waals surface area contributed by atoms with Crippen LogP contribution in [0.15, 0.2) is 52.7 Å². The van der Waals surface area contributed by atoms with Gasteiger partial charge in [-0.15, -0.1) is 0 Å². The van der Waals surface area contributed by atoms with Crippen molar-refractivity contribution in [1.29, 1.82) is 0 Å². The van der Waals surface area contributed by atoms with Crippen molar-refractivity contribution in [1.82, 2.24) is 0 Å². The number of ketones is 2. The fourth-order valence-electron chi connectivity index (χ4n) is 8.41. The van der Waals surface area contributed by atoms with E-state index in [4.69, 9.17) is 18.9 Å². The third kappa shape index (κ3) is 5.23. The molecule has 1 aromatic carbocycles. The van der Waals surface area contributed by atoms with Crippen molar-refractivity contribution in [2.24, 2.45) is 11.8 Å². The Morgan fingerprint density at radius 1 is 0.980 bits per heavy atom. The quantitative estimate of drug-likeness (QED) is 0.123. The first-order valence-electron chi connectivity index (χ1n) is 17.0. The predicted octanol–water partition coefficient (Wildman–Crippen LogP) is 7.46. The van der Waals surface area contributed by atoms with E-state index in [1.807, 2.05) is 66.7 Å². The number of ether oxygens (including phenoxy) is 4. The van der Waals surface area contributed by atoms with Gasteiger partial charge in [-0.25, -0.2) is 4.79 Å². The second kappa shape index (κ2) is 11.7. The van der Waals surface area contributed by atoms with Crippen molar-refractivity contribution in [2.45, 2.75) is 117 Å². The Hall–Kier alpha value is -4.24. The van der Waals surface area contributed by atoms with E-state index >= 15 is 4.79 Å². The number of allylic oxidation sites excluding steroid dienone is 5. The smallest absolute Gasteiger partial charge is 0.330 e. The predicted molar refractivity (Wildman–Crippen MR) is 184 cm³/mol. The Morgan fingerprint density at radius 3 is 2.31 bits per heavy atom. The molecule has 6 aliphatic rings. The van der Waals surface area contributed by atoms with E-state index in [9.17, 15) is 19.5 Å². The van der Waals surface area contributed by atoms with Gasteiger partial charge in [-0.3, -0.25) is 14.4 Å². The van der Waals surface area contributed by atoms with Gasteiger partial charge in [0.1, 0.15) is 22.7 Å². The van der Waals surface area contributed by atoms with Crippen molar-refractivity contribution in [3.05, 3.63) is 69.4 Å². The van der Waals surface area contributed by atoms with Crippen molar-refractivity contribution in [3.63, 3.8) is 0 Å². The lowest BCUT2D eigenvalue weighted by Gasteiger charge is -2.56. The molecule has 3 heterocycles. The van der Waals surface area contributed by atoms with E-state index in [1.54, 1.807) is 6.08 Å². The van der Waals surface area contributed by atoms with Gasteiger partial charge in [0.05, 0.1) is 11.2 Å². The van der Waals surface area contributed by atoms with Crippen LogP contribution in [0.2, 0.25) is 0 Å². The monoisotopic (exact) mass is 670 g/mol. The maximum Gasteiger partial charge on any atom is 0.330 e. The average molecular weight is 671 g/mol. The Morgan fingerprint density at radius 2 is 1.67 bits per heavy atom. The first-order valence-corrected chi connectivity index (χ1v) is 17.0. The third-order valence-corrected chi connectivity index (χ3v) is 10.7. The molecule has 2 fully saturated rings. The number of rotatable bonds is 9. The second-order valence-electron chi connectivity index (χ2n) is 15.3. The lowest BCUT2D eigenvalue weighted by Crippen LogP contribution is -2.72. The van der Waals surface area contributed by atoms with Crippen molar-refractivity contribution < 1.29 is 43.2 Å². The molecule has 7 rings (SSSR count). The number of hydrogen-bond donors (Lipinski definition) is 1. The molecular formula is C40H46O9. The zero-order valence-corrected chi connectivity index (χ0v) is 29.9. The molecule has 1 aromatic rings. The maximum absolute atomic E-state index is 15.1. The van der Waals surface area contributed by atoms with Crippen molar-refractivity contribution in [3.8, 4) is 17.2 Å². The number of carbonyl (C=O) groups excluding carboxylic acids is 3. The molecule has 1 saturated carbocycles. The lowest BCUT2D eigenvalue weighted by molar-refractivity contribution is -0.171. The summed E-state index contributed by atoms with van der Waals surface area (Å²) in [7, 11) is 0. The van der Waals surface area contributed by atoms with E-state index in [0.29, 0.717) is 36.1 Å². The van der Waals surface area contributed by atoms with Crippen molar-refractivity contribution >= 4 is 29.6 Å². The molecular weight excluding hydrogens is 624 g/mol. The molecule has 1 spiro atoms. The number of fused-ring (bicyclic) bond motifs is 2. The second-order valence-corrected chi connectivity index (χ2v) is 15.3. The molecule has 260 valence electrons. The van der Waals surface area contributed by atoms with E-state index in [-0.39, 0.29) is 40.4 Å². The van der Waals surface area contributed by atoms with Gasteiger partial charge in [-0.05, 0) is 93.2 Å². The number of hydrogen-bond acceptors (Lipinski definition) is 8. The summed E-state index contributed by atoms with van der Waals surface area (Å²) in [5, 5.41) is 9.70. The van der Waals surface area contributed by atoms with Crippen LogP contribution in [0.25, 0.3) is 6.08 Å². The SMILES string of the molecule is CC(=O)Oc1c2c(c(CC=C(C)C)c3c1C(=O)C1=C[C@@H]4CC5C(C)(C)O[C@@](C/C=C(\C)C(=O)O)(C4=O)[C@@]15O3)O[C@](C)(CCC=C(C)C)C=C2.